The van der Waals surface area contributed by atoms with E-state index in [2.05, 4.69) is 10.2 Å². The van der Waals surface area contributed by atoms with Crippen molar-refractivity contribution >= 4 is 0 Å². The standard InChI is InChI=1S/C12H18F2N2O/c1-16(2)7-5-15-6-8-17-12-9-10(13)3-4-11(12)14/h3-4,9,15H,5-8H2,1-2H3. The molecule has 0 bridgehead atoms. The molecule has 0 radical (unpaired) electrons. The molecule has 3 nitrogen and oxygen atoms in total. The average Bonchev–Trinajstić information content (AvgIpc) is 2.27. The van der Waals surface area contributed by atoms with E-state index in [0.29, 0.717) is 13.2 Å². The molecule has 0 aliphatic rings. The van der Waals surface area contributed by atoms with Crippen LogP contribution >= 0.6 is 0 Å². The maximum Gasteiger partial charge on any atom is 0.165 e. The Balaban J connectivity index is 2.20. The van der Waals surface area contributed by atoms with Gasteiger partial charge in [0.2, 0.25) is 0 Å². The number of hydrogen-bond donors (Lipinski definition) is 1. The van der Waals surface area contributed by atoms with Gasteiger partial charge in [0.15, 0.2) is 11.6 Å². The molecule has 1 N–H and O–H groups in total. The summed E-state index contributed by atoms with van der Waals surface area (Å²) in [5.41, 5.74) is 0. The topological polar surface area (TPSA) is 24.5 Å². The van der Waals surface area contributed by atoms with Gasteiger partial charge in [-0.1, -0.05) is 0 Å². The molecule has 0 saturated heterocycles. The van der Waals surface area contributed by atoms with Crippen LogP contribution in [0.1, 0.15) is 0 Å². The minimum atomic E-state index is -0.542. The van der Waals surface area contributed by atoms with E-state index in [-0.39, 0.29) is 5.75 Å². The molecule has 0 aliphatic heterocycles. The molecule has 5 heteroatoms. The van der Waals surface area contributed by atoms with Crippen LogP contribution in [0.25, 0.3) is 0 Å². The second-order valence-corrected chi connectivity index (χ2v) is 3.98. The zero-order valence-electron chi connectivity index (χ0n) is 10.2. The first kappa shape index (κ1) is 13.9. The lowest BCUT2D eigenvalue weighted by molar-refractivity contribution is 0.293. The van der Waals surface area contributed by atoms with E-state index in [9.17, 15) is 8.78 Å². The van der Waals surface area contributed by atoms with Crippen molar-refractivity contribution in [2.24, 2.45) is 0 Å². The van der Waals surface area contributed by atoms with E-state index >= 15 is 0 Å². The number of nitrogens with zero attached hydrogens (tertiary/aromatic N) is 1. The van der Waals surface area contributed by atoms with E-state index in [1.807, 2.05) is 14.1 Å². The summed E-state index contributed by atoms with van der Waals surface area (Å²) in [7, 11) is 3.97. The van der Waals surface area contributed by atoms with Crippen molar-refractivity contribution in [1.82, 2.24) is 10.2 Å². The van der Waals surface area contributed by atoms with Crippen LogP contribution in [0.4, 0.5) is 8.78 Å². The van der Waals surface area contributed by atoms with Crippen LogP contribution in [-0.4, -0.2) is 45.2 Å². The maximum atomic E-state index is 13.1. The van der Waals surface area contributed by atoms with E-state index in [1.54, 1.807) is 0 Å². The fourth-order valence-electron chi connectivity index (χ4n) is 1.25. The van der Waals surface area contributed by atoms with Gasteiger partial charge < -0.3 is 15.0 Å². The Bertz CT molecular complexity index is 345. The first-order valence-corrected chi connectivity index (χ1v) is 5.53. The highest BCUT2D eigenvalue weighted by molar-refractivity contribution is 5.24. The fraction of sp³-hybridized carbons (Fsp3) is 0.500. The van der Waals surface area contributed by atoms with Crippen molar-refractivity contribution in [2.75, 3.05) is 40.3 Å². The number of halogens is 2. The van der Waals surface area contributed by atoms with Crippen LogP contribution < -0.4 is 10.1 Å². The van der Waals surface area contributed by atoms with Gasteiger partial charge in [0, 0.05) is 25.7 Å². The predicted molar refractivity (Wildman–Crippen MR) is 63.3 cm³/mol. The Hall–Kier alpha value is -1.20. The molecule has 1 aromatic carbocycles. The van der Waals surface area contributed by atoms with Crippen LogP contribution in [0.3, 0.4) is 0 Å². The maximum absolute atomic E-state index is 13.1. The third-order valence-corrected chi connectivity index (χ3v) is 2.17. The summed E-state index contributed by atoms with van der Waals surface area (Å²) in [5, 5.41) is 3.14. The highest BCUT2D eigenvalue weighted by atomic mass is 19.1. The van der Waals surface area contributed by atoms with Gasteiger partial charge in [-0.25, -0.2) is 8.78 Å². The smallest absolute Gasteiger partial charge is 0.165 e. The van der Waals surface area contributed by atoms with Gasteiger partial charge in [-0.2, -0.15) is 0 Å². The molecule has 0 aromatic heterocycles. The molecule has 96 valence electrons. The second kappa shape index (κ2) is 7.19. The number of benzene rings is 1. The summed E-state index contributed by atoms with van der Waals surface area (Å²) in [6.45, 7) is 2.67. The van der Waals surface area contributed by atoms with Crippen LogP contribution in [0, 0.1) is 11.6 Å². The van der Waals surface area contributed by atoms with Gasteiger partial charge in [-0.3, -0.25) is 0 Å². The number of rotatable bonds is 7. The summed E-state index contributed by atoms with van der Waals surface area (Å²) in [6, 6.07) is 3.18. The third-order valence-electron chi connectivity index (χ3n) is 2.17. The first-order chi connectivity index (χ1) is 8.09. The summed E-state index contributed by atoms with van der Waals surface area (Å²) < 4.78 is 31.1. The molecule has 0 fully saturated rings. The Labute approximate surface area is 100 Å². The molecule has 0 spiro atoms. The Kier molecular flexibility index (Phi) is 5.86. The van der Waals surface area contributed by atoms with E-state index in [1.165, 1.54) is 0 Å². The van der Waals surface area contributed by atoms with Gasteiger partial charge in [-0.15, -0.1) is 0 Å². The van der Waals surface area contributed by atoms with E-state index in [4.69, 9.17) is 4.74 Å². The quantitative estimate of drug-likeness (QED) is 0.736. The average molecular weight is 244 g/mol. The number of ether oxygens (including phenoxy) is 1. The number of likely N-dealkylation sites (N-methyl/N-ethyl adjacent to an activating group) is 1. The van der Waals surface area contributed by atoms with Gasteiger partial charge in [0.25, 0.3) is 0 Å². The largest absolute Gasteiger partial charge is 0.489 e. The first-order valence-electron chi connectivity index (χ1n) is 5.53. The second-order valence-electron chi connectivity index (χ2n) is 3.98. The fourth-order valence-corrected chi connectivity index (χ4v) is 1.25. The monoisotopic (exact) mass is 244 g/mol. The zero-order valence-corrected chi connectivity index (χ0v) is 10.2. The third kappa shape index (κ3) is 5.60. The van der Waals surface area contributed by atoms with Crippen molar-refractivity contribution < 1.29 is 13.5 Å². The van der Waals surface area contributed by atoms with E-state index < -0.39 is 11.6 Å². The molecule has 0 heterocycles. The summed E-state index contributed by atoms with van der Waals surface area (Å²) >= 11 is 0. The summed E-state index contributed by atoms with van der Waals surface area (Å²) in [5.74, 6) is -1.08. The summed E-state index contributed by atoms with van der Waals surface area (Å²) in [6.07, 6.45) is 0. The van der Waals surface area contributed by atoms with Crippen LogP contribution in [0.5, 0.6) is 5.75 Å². The molecule has 0 atom stereocenters. The SMILES string of the molecule is CN(C)CCNCCOc1cc(F)ccc1F. The molecule has 0 saturated carbocycles. The van der Waals surface area contributed by atoms with E-state index in [0.717, 1.165) is 31.3 Å². The lowest BCUT2D eigenvalue weighted by atomic mass is 10.3. The van der Waals surface area contributed by atoms with Crippen molar-refractivity contribution in [1.29, 1.82) is 0 Å². The van der Waals surface area contributed by atoms with Crippen molar-refractivity contribution in [3.8, 4) is 5.75 Å². The molecule has 1 rings (SSSR count). The number of hydrogen-bond acceptors (Lipinski definition) is 3. The number of nitrogens with one attached hydrogen (secondary N) is 1. The normalized spacial score (nSPS) is 10.9. The van der Waals surface area contributed by atoms with Crippen LogP contribution in [-0.2, 0) is 0 Å². The van der Waals surface area contributed by atoms with Crippen molar-refractivity contribution in [3.05, 3.63) is 29.8 Å². The predicted octanol–water partition coefficient (Wildman–Crippen LogP) is 1.49. The lowest BCUT2D eigenvalue weighted by Crippen LogP contribution is -2.29. The van der Waals surface area contributed by atoms with Crippen LogP contribution in [0.2, 0.25) is 0 Å². The van der Waals surface area contributed by atoms with Crippen molar-refractivity contribution in [3.63, 3.8) is 0 Å². The molecule has 17 heavy (non-hydrogen) atoms. The Morgan fingerprint density at radius 2 is 2.00 bits per heavy atom. The zero-order chi connectivity index (χ0) is 12.7. The van der Waals surface area contributed by atoms with Gasteiger partial charge in [0.1, 0.15) is 12.4 Å². The highest BCUT2D eigenvalue weighted by Crippen LogP contribution is 2.17. The minimum absolute atomic E-state index is 0.0422. The molecule has 0 unspecified atom stereocenters. The molecule has 1 aromatic rings. The lowest BCUT2D eigenvalue weighted by Gasteiger charge is -2.11. The molecule has 0 aliphatic carbocycles. The Morgan fingerprint density at radius 1 is 1.24 bits per heavy atom. The van der Waals surface area contributed by atoms with Crippen LogP contribution in [0.15, 0.2) is 18.2 Å². The van der Waals surface area contributed by atoms with Gasteiger partial charge in [-0.05, 0) is 26.2 Å². The minimum Gasteiger partial charge on any atom is -0.489 e. The van der Waals surface area contributed by atoms with Gasteiger partial charge in [0.05, 0.1) is 0 Å². The summed E-state index contributed by atoms with van der Waals surface area (Å²) in [4.78, 5) is 2.06. The molecular formula is C12H18F2N2O. The molecular weight excluding hydrogens is 226 g/mol. The van der Waals surface area contributed by atoms with Gasteiger partial charge >= 0.3 is 0 Å². The van der Waals surface area contributed by atoms with Crippen molar-refractivity contribution in [2.45, 2.75) is 0 Å². The molecule has 0 amide bonds. The highest BCUT2D eigenvalue weighted by Gasteiger charge is 2.04. The Morgan fingerprint density at radius 3 is 2.71 bits per heavy atom.